The fraction of sp³-hybridized carbons (Fsp3) is 0.200. The second kappa shape index (κ2) is 6.04. The van der Waals surface area contributed by atoms with Crippen LogP contribution in [0.2, 0.25) is 5.02 Å². The predicted molar refractivity (Wildman–Crippen MR) is 77.4 cm³/mol. The number of nitrogens with zero attached hydrogens (tertiary/aromatic N) is 1. The lowest BCUT2D eigenvalue weighted by molar-refractivity contribution is 0.319. The summed E-state index contributed by atoms with van der Waals surface area (Å²) in [6.07, 6.45) is 0. The third-order valence-electron chi connectivity index (χ3n) is 2.94. The Balaban J connectivity index is 2.07. The molecule has 0 saturated heterocycles. The first-order valence-corrected chi connectivity index (χ1v) is 6.40. The highest BCUT2D eigenvalue weighted by Crippen LogP contribution is 2.20. The van der Waals surface area contributed by atoms with Gasteiger partial charge in [0.15, 0.2) is 0 Å². The second-order valence-corrected chi connectivity index (χ2v) is 5.01. The zero-order valence-electron chi connectivity index (χ0n) is 10.7. The van der Waals surface area contributed by atoms with Crippen molar-refractivity contribution in [3.63, 3.8) is 0 Å². The van der Waals surface area contributed by atoms with Crippen LogP contribution in [0.3, 0.4) is 0 Å². The number of anilines is 1. The molecule has 0 unspecified atom stereocenters. The standard InChI is InChI=1S/C15H16ClFN2/c1-19(9-11-4-2-3-5-15(11)18)10-12-8-13(17)6-7-14(12)16/h2-8H,9-10,18H2,1H3. The molecule has 0 heterocycles. The third-order valence-corrected chi connectivity index (χ3v) is 3.31. The van der Waals surface area contributed by atoms with Gasteiger partial charge in [-0.1, -0.05) is 29.8 Å². The van der Waals surface area contributed by atoms with Crippen molar-refractivity contribution in [2.24, 2.45) is 0 Å². The molecule has 0 spiro atoms. The van der Waals surface area contributed by atoms with Crippen molar-refractivity contribution < 1.29 is 4.39 Å². The maximum absolute atomic E-state index is 13.2. The highest BCUT2D eigenvalue weighted by Gasteiger charge is 2.08. The van der Waals surface area contributed by atoms with E-state index in [1.54, 1.807) is 6.07 Å². The number of halogens is 2. The van der Waals surface area contributed by atoms with E-state index in [2.05, 4.69) is 0 Å². The van der Waals surface area contributed by atoms with E-state index >= 15 is 0 Å². The molecule has 100 valence electrons. The van der Waals surface area contributed by atoms with E-state index in [1.165, 1.54) is 12.1 Å². The molecular weight excluding hydrogens is 263 g/mol. The number of hydrogen-bond donors (Lipinski definition) is 1. The van der Waals surface area contributed by atoms with Crippen molar-refractivity contribution in [2.45, 2.75) is 13.1 Å². The summed E-state index contributed by atoms with van der Waals surface area (Å²) in [5.74, 6) is -0.271. The van der Waals surface area contributed by atoms with Gasteiger partial charge in [-0.3, -0.25) is 4.90 Å². The van der Waals surface area contributed by atoms with Crippen LogP contribution in [0.15, 0.2) is 42.5 Å². The number of benzene rings is 2. The van der Waals surface area contributed by atoms with E-state index < -0.39 is 0 Å². The number of nitrogens with two attached hydrogens (primary N) is 1. The van der Waals surface area contributed by atoms with Gasteiger partial charge in [0.25, 0.3) is 0 Å². The lowest BCUT2D eigenvalue weighted by Crippen LogP contribution is -2.18. The Morgan fingerprint density at radius 2 is 1.79 bits per heavy atom. The SMILES string of the molecule is CN(Cc1ccccc1N)Cc1cc(F)ccc1Cl. The molecule has 0 aliphatic rings. The molecule has 0 fully saturated rings. The molecule has 0 atom stereocenters. The summed E-state index contributed by atoms with van der Waals surface area (Å²) in [5, 5.41) is 0.578. The minimum atomic E-state index is -0.271. The molecule has 0 radical (unpaired) electrons. The maximum atomic E-state index is 13.2. The third kappa shape index (κ3) is 3.69. The number of hydrogen-bond acceptors (Lipinski definition) is 2. The van der Waals surface area contributed by atoms with Gasteiger partial charge in [0.2, 0.25) is 0 Å². The number of rotatable bonds is 4. The van der Waals surface area contributed by atoms with E-state index in [4.69, 9.17) is 17.3 Å². The molecule has 2 N–H and O–H groups in total. The first-order valence-electron chi connectivity index (χ1n) is 6.02. The highest BCUT2D eigenvalue weighted by atomic mass is 35.5. The first kappa shape index (κ1) is 13.8. The van der Waals surface area contributed by atoms with Gasteiger partial charge in [-0.2, -0.15) is 0 Å². The molecule has 0 bridgehead atoms. The minimum Gasteiger partial charge on any atom is -0.398 e. The van der Waals surface area contributed by atoms with Gasteiger partial charge in [0.1, 0.15) is 5.82 Å². The minimum absolute atomic E-state index is 0.271. The van der Waals surface area contributed by atoms with Crippen molar-refractivity contribution in [1.82, 2.24) is 4.90 Å². The molecule has 0 amide bonds. The van der Waals surface area contributed by atoms with Gasteiger partial charge in [-0.25, -0.2) is 4.39 Å². The van der Waals surface area contributed by atoms with Crippen LogP contribution in [0.4, 0.5) is 10.1 Å². The molecule has 0 aromatic heterocycles. The van der Waals surface area contributed by atoms with E-state index in [9.17, 15) is 4.39 Å². The molecule has 2 nitrogen and oxygen atoms in total. The van der Waals surface area contributed by atoms with E-state index in [0.717, 1.165) is 16.8 Å². The Bertz CT molecular complexity index is 572. The van der Waals surface area contributed by atoms with Gasteiger partial charge < -0.3 is 5.73 Å². The lowest BCUT2D eigenvalue weighted by Gasteiger charge is -2.18. The Kier molecular flexibility index (Phi) is 4.40. The van der Waals surface area contributed by atoms with Gasteiger partial charge in [-0.05, 0) is 42.4 Å². The summed E-state index contributed by atoms with van der Waals surface area (Å²) in [4.78, 5) is 2.05. The summed E-state index contributed by atoms with van der Waals surface area (Å²) in [6, 6.07) is 12.1. The normalized spacial score (nSPS) is 10.9. The van der Waals surface area contributed by atoms with Crippen molar-refractivity contribution in [3.8, 4) is 0 Å². The van der Waals surface area contributed by atoms with Gasteiger partial charge >= 0.3 is 0 Å². The van der Waals surface area contributed by atoms with Crippen LogP contribution in [-0.2, 0) is 13.1 Å². The smallest absolute Gasteiger partial charge is 0.123 e. The average molecular weight is 279 g/mol. The number of para-hydroxylation sites is 1. The molecule has 2 rings (SSSR count). The highest BCUT2D eigenvalue weighted by molar-refractivity contribution is 6.31. The largest absolute Gasteiger partial charge is 0.398 e. The van der Waals surface area contributed by atoms with E-state index in [1.807, 2.05) is 36.2 Å². The van der Waals surface area contributed by atoms with Crippen molar-refractivity contribution in [1.29, 1.82) is 0 Å². The first-order chi connectivity index (χ1) is 9.06. The van der Waals surface area contributed by atoms with Crippen molar-refractivity contribution in [3.05, 3.63) is 64.4 Å². The zero-order valence-corrected chi connectivity index (χ0v) is 11.5. The Hall–Kier alpha value is -1.58. The van der Waals surface area contributed by atoms with Crippen molar-refractivity contribution in [2.75, 3.05) is 12.8 Å². The van der Waals surface area contributed by atoms with Crippen LogP contribution in [0.25, 0.3) is 0 Å². The lowest BCUT2D eigenvalue weighted by atomic mass is 10.1. The summed E-state index contributed by atoms with van der Waals surface area (Å²) in [7, 11) is 1.95. The van der Waals surface area contributed by atoms with E-state index in [0.29, 0.717) is 18.1 Å². The van der Waals surface area contributed by atoms with Crippen LogP contribution >= 0.6 is 11.6 Å². The van der Waals surface area contributed by atoms with Crippen LogP contribution in [0, 0.1) is 5.82 Å². The fourth-order valence-corrected chi connectivity index (χ4v) is 2.16. The van der Waals surface area contributed by atoms with Crippen LogP contribution in [0.1, 0.15) is 11.1 Å². The topological polar surface area (TPSA) is 29.3 Å². The number of nitrogen functional groups attached to an aromatic ring is 1. The van der Waals surface area contributed by atoms with Crippen molar-refractivity contribution >= 4 is 17.3 Å². The molecule has 4 heteroatoms. The van der Waals surface area contributed by atoms with Crippen LogP contribution in [-0.4, -0.2) is 11.9 Å². The van der Waals surface area contributed by atoms with Crippen LogP contribution < -0.4 is 5.73 Å². The molecule has 0 saturated carbocycles. The predicted octanol–water partition coefficient (Wildman–Crippen LogP) is 3.69. The molecular formula is C15H16ClFN2. The average Bonchev–Trinajstić information content (AvgIpc) is 2.37. The zero-order chi connectivity index (χ0) is 13.8. The molecule has 19 heavy (non-hydrogen) atoms. The molecule has 0 aliphatic carbocycles. The van der Waals surface area contributed by atoms with Gasteiger partial charge in [-0.15, -0.1) is 0 Å². The van der Waals surface area contributed by atoms with E-state index in [-0.39, 0.29) is 5.82 Å². The Morgan fingerprint density at radius 1 is 1.11 bits per heavy atom. The monoisotopic (exact) mass is 278 g/mol. The molecule has 2 aromatic rings. The quantitative estimate of drug-likeness (QED) is 0.864. The summed E-state index contributed by atoms with van der Waals surface area (Å²) in [6.45, 7) is 1.27. The molecule has 2 aromatic carbocycles. The molecule has 0 aliphatic heterocycles. The van der Waals surface area contributed by atoms with Gasteiger partial charge in [0.05, 0.1) is 0 Å². The second-order valence-electron chi connectivity index (χ2n) is 4.61. The summed E-state index contributed by atoms with van der Waals surface area (Å²) < 4.78 is 13.2. The van der Waals surface area contributed by atoms with Crippen LogP contribution in [0.5, 0.6) is 0 Å². The summed E-state index contributed by atoms with van der Waals surface area (Å²) >= 11 is 6.06. The maximum Gasteiger partial charge on any atom is 0.123 e. The Labute approximate surface area is 117 Å². The van der Waals surface area contributed by atoms with Gasteiger partial charge in [0, 0.05) is 23.8 Å². The fourth-order valence-electron chi connectivity index (χ4n) is 1.98. The summed E-state index contributed by atoms with van der Waals surface area (Å²) in [5.41, 5.74) is 8.50. The Morgan fingerprint density at radius 3 is 2.53 bits per heavy atom.